The summed E-state index contributed by atoms with van der Waals surface area (Å²) in [6, 6.07) is 9.00. The van der Waals surface area contributed by atoms with Gasteiger partial charge in [-0.25, -0.2) is 0 Å². The molecule has 1 nitrogen and oxygen atoms in total. The molecule has 90 valence electrons. The minimum atomic E-state index is 0.644. The van der Waals surface area contributed by atoms with Crippen molar-refractivity contribution in [3.05, 3.63) is 35.4 Å². The molecule has 16 heavy (non-hydrogen) atoms. The second kappa shape index (κ2) is 6.70. The molecule has 1 N–H and O–H groups in total. The average molecular weight is 219 g/mol. The first-order valence-electron chi connectivity index (χ1n) is 6.40. The van der Waals surface area contributed by atoms with Crippen LogP contribution < -0.4 is 5.32 Å². The number of nitrogens with one attached hydrogen (secondary N) is 1. The van der Waals surface area contributed by atoms with Gasteiger partial charge in [0.25, 0.3) is 0 Å². The molecular formula is C15H25N. The topological polar surface area (TPSA) is 12.0 Å². The van der Waals surface area contributed by atoms with Gasteiger partial charge in [0.1, 0.15) is 0 Å². The van der Waals surface area contributed by atoms with E-state index in [9.17, 15) is 0 Å². The summed E-state index contributed by atoms with van der Waals surface area (Å²) in [5, 5.41) is 3.32. The van der Waals surface area contributed by atoms with E-state index in [1.165, 1.54) is 24.0 Å². The summed E-state index contributed by atoms with van der Waals surface area (Å²) >= 11 is 0. The zero-order chi connectivity index (χ0) is 12.0. The summed E-state index contributed by atoms with van der Waals surface area (Å²) in [5.41, 5.74) is 2.82. The number of aryl methyl sites for hydroxylation is 1. The Morgan fingerprint density at radius 2 is 1.81 bits per heavy atom. The number of hydrogen-bond acceptors (Lipinski definition) is 1. The zero-order valence-corrected chi connectivity index (χ0v) is 11.1. The molecule has 0 aliphatic carbocycles. The third-order valence-electron chi connectivity index (χ3n) is 3.36. The lowest BCUT2D eigenvalue weighted by molar-refractivity contribution is 0.413. The summed E-state index contributed by atoms with van der Waals surface area (Å²) in [5.74, 6) is 1.39. The Bertz CT molecular complexity index is 289. The van der Waals surface area contributed by atoms with E-state index in [0.29, 0.717) is 5.92 Å². The Morgan fingerprint density at radius 3 is 2.31 bits per heavy atom. The minimum Gasteiger partial charge on any atom is -0.319 e. The highest BCUT2D eigenvalue weighted by molar-refractivity contribution is 5.25. The molecule has 1 heteroatoms. The maximum Gasteiger partial charge on any atom is 0.00197 e. The van der Waals surface area contributed by atoms with Gasteiger partial charge >= 0.3 is 0 Å². The SMILES string of the molecule is CCCC(C)C(CNC)c1ccc(C)cc1. The van der Waals surface area contributed by atoms with Crippen LogP contribution in [0.5, 0.6) is 0 Å². The van der Waals surface area contributed by atoms with E-state index in [1.54, 1.807) is 0 Å². The maximum absolute atomic E-state index is 3.32. The van der Waals surface area contributed by atoms with Crippen LogP contribution in [-0.4, -0.2) is 13.6 Å². The quantitative estimate of drug-likeness (QED) is 0.768. The van der Waals surface area contributed by atoms with Crippen LogP contribution in [0.3, 0.4) is 0 Å². The van der Waals surface area contributed by atoms with Crippen molar-refractivity contribution in [1.82, 2.24) is 5.32 Å². The highest BCUT2D eigenvalue weighted by Gasteiger charge is 2.17. The third-order valence-corrected chi connectivity index (χ3v) is 3.36. The van der Waals surface area contributed by atoms with Crippen LogP contribution in [-0.2, 0) is 0 Å². The number of hydrogen-bond donors (Lipinski definition) is 1. The predicted molar refractivity (Wildman–Crippen MR) is 71.9 cm³/mol. The van der Waals surface area contributed by atoms with Crippen molar-refractivity contribution in [2.24, 2.45) is 5.92 Å². The Kier molecular flexibility index (Phi) is 5.54. The number of benzene rings is 1. The Labute approximate surface area is 100 Å². The Balaban J connectivity index is 2.79. The molecule has 0 saturated heterocycles. The molecule has 1 aromatic carbocycles. The van der Waals surface area contributed by atoms with E-state index in [1.807, 2.05) is 7.05 Å². The molecule has 2 unspecified atom stereocenters. The molecule has 0 spiro atoms. The van der Waals surface area contributed by atoms with Crippen molar-refractivity contribution < 1.29 is 0 Å². The molecule has 1 aromatic rings. The first-order valence-corrected chi connectivity index (χ1v) is 6.40. The van der Waals surface area contributed by atoms with Gasteiger partial charge in [-0.2, -0.15) is 0 Å². The van der Waals surface area contributed by atoms with Crippen LogP contribution in [0.1, 0.15) is 43.7 Å². The molecule has 0 amide bonds. The predicted octanol–water partition coefficient (Wildman–Crippen LogP) is 3.73. The highest BCUT2D eigenvalue weighted by Crippen LogP contribution is 2.27. The third kappa shape index (κ3) is 3.64. The van der Waals surface area contributed by atoms with Gasteiger partial charge in [0.2, 0.25) is 0 Å². The summed E-state index contributed by atoms with van der Waals surface area (Å²) in [7, 11) is 2.04. The lowest BCUT2D eigenvalue weighted by Gasteiger charge is -2.24. The molecule has 1 rings (SSSR count). The van der Waals surface area contributed by atoms with Crippen LogP contribution >= 0.6 is 0 Å². The molecule has 0 aliphatic rings. The first-order chi connectivity index (χ1) is 7.69. The van der Waals surface area contributed by atoms with E-state index in [0.717, 1.165) is 12.5 Å². The fourth-order valence-corrected chi connectivity index (χ4v) is 2.34. The lowest BCUT2D eigenvalue weighted by atomic mass is 9.84. The van der Waals surface area contributed by atoms with Crippen molar-refractivity contribution in [2.75, 3.05) is 13.6 Å². The van der Waals surface area contributed by atoms with Crippen molar-refractivity contribution in [2.45, 2.75) is 39.5 Å². The van der Waals surface area contributed by atoms with Crippen molar-refractivity contribution >= 4 is 0 Å². The normalized spacial score (nSPS) is 14.8. The van der Waals surface area contributed by atoms with Crippen molar-refractivity contribution in [1.29, 1.82) is 0 Å². The molecule has 2 atom stereocenters. The zero-order valence-electron chi connectivity index (χ0n) is 11.1. The molecule has 0 saturated carbocycles. The van der Waals surface area contributed by atoms with Gasteiger partial charge in [-0.1, -0.05) is 56.5 Å². The molecule has 0 aliphatic heterocycles. The van der Waals surface area contributed by atoms with Gasteiger partial charge in [0.05, 0.1) is 0 Å². The lowest BCUT2D eigenvalue weighted by Crippen LogP contribution is -2.22. The van der Waals surface area contributed by atoms with Crippen LogP contribution in [0.4, 0.5) is 0 Å². The second-order valence-electron chi connectivity index (χ2n) is 4.84. The van der Waals surface area contributed by atoms with E-state index in [2.05, 4.69) is 50.4 Å². The van der Waals surface area contributed by atoms with E-state index in [4.69, 9.17) is 0 Å². The number of rotatable bonds is 6. The minimum absolute atomic E-state index is 0.644. The van der Waals surface area contributed by atoms with Gasteiger partial charge < -0.3 is 5.32 Å². The fraction of sp³-hybridized carbons (Fsp3) is 0.600. The van der Waals surface area contributed by atoms with Crippen molar-refractivity contribution in [3.8, 4) is 0 Å². The summed E-state index contributed by atoms with van der Waals surface area (Å²) in [6.07, 6.45) is 2.58. The summed E-state index contributed by atoms with van der Waals surface area (Å²) in [4.78, 5) is 0. The fourth-order valence-electron chi connectivity index (χ4n) is 2.34. The van der Waals surface area contributed by atoms with E-state index >= 15 is 0 Å². The molecule has 0 aromatic heterocycles. The van der Waals surface area contributed by atoms with E-state index in [-0.39, 0.29) is 0 Å². The van der Waals surface area contributed by atoms with Crippen LogP contribution in [0.15, 0.2) is 24.3 Å². The molecule has 0 radical (unpaired) electrons. The van der Waals surface area contributed by atoms with Crippen molar-refractivity contribution in [3.63, 3.8) is 0 Å². The molecule has 0 bridgehead atoms. The maximum atomic E-state index is 3.32. The van der Waals surface area contributed by atoms with Gasteiger partial charge in [0, 0.05) is 6.54 Å². The smallest absolute Gasteiger partial charge is 0.00197 e. The standard InChI is InChI=1S/C15H25N/c1-5-6-13(3)15(11-16-4)14-9-7-12(2)8-10-14/h7-10,13,15-16H,5-6,11H2,1-4H3. The van der Waals surface area contributed by atoms with Gasteiger partial charge in [0.15, 0.2) is 0 Å². The van der Waals surface area contributed by atoms with Crippen LogP contribution in [0.2, 0.25) is 0 Å². The Morgan fingerprint density at radius 1 is 1.19 bits per heavy atom. The average Bonchev–Trinajstić information content (AvgIpc) is 2.28. The monoisotopic (exact) mass is 219 g/mol. The first kappa shape index (κ1) is 13.2. The summed E-state index contributed by atoms with van der Waals surface area (Å²) in [6.45, 7) is 7.85. The molecule has 0 fully saturated rings. The Hall–Kier alpha value is -0.820. The second-order valence-corrected chi connectivity index (χ2v) is 4.84. The highest BCUT2D eigenvalue weighted by atomic mass is 14.8. The number of likely N-dealkylation sites (N-methyl/N-ethyl adjacent to an activating group) is 1. The van der Waals surface area contributed by atoms with Crippen LogP contribution in [0, 0.1) is 12.8 Å². The molecular weight excluding hydrogens is 194 g/mol. The van der Waals surface area contributed by atoms with Crippen LogP contribution in [0.25, 0.3) is 0 Å². The summed E-state index contributed by atoms with van der Waals surface area (Å²) < 4.78 is 0. The van der Waals surface area contributed by atoms with Gasteiger partial charge in [-0.15, -0.1) is 0 Å². The van der Waals surface area contributed by atoms with Gasteiger partial charge in [-0.3, -0.25) is 0 Å². The van der Waals surface area contributed by atoms with E-state index < -0.39 is 0 Å². The van der Waals surface area contributed by atoms with Gasteiger partial charge in [-0.05, 0) is 31.4 Å². The largest absolute Gasteiger partial charge is 0.319 e. The molecule has 0 heterocycles.